The van der Waals surface area contributed by atoms with Gasteiger partial charge in [-0.25, -0.2) is 4.68 Å². The predicted octanol–water partition coefficient (Wildman–Crippen LogP) is 3.25. The van der Waals surface area contributed by atoms with Gasteiger partial charge in [-0.05, 0) is 50.9 Å². The summed E-state index contributed by atoms with van der Waals surface area (Å²) in [5.74, 6) is -0.0462. The van der Waals surface area contributed by atoms with Crippen LogP contribution in [0.1, 0.15) is 48.8 Å². The van der Waals surface area contributed by atoms with Crippen LogP contribution in [0.15, 0.2) is 30.5 Å². The molecule has 0 radical (unpaired) electrons. The van der Waals surface area contributed by atoms with E-state index in [-0.39, 0.29) is 11.9 Å². The van der Waals surface area contributed by atoms with E-state index in [1.54, 1.807) is 11.1 Å². The molecule has 140 valence electrons. The molecule has 6 nitrogen and oxygen atoms in total. The van der Waals surface area contributed by atoms with Gasteiger partial charge in [0, 0.05) is 31.2 Å². The lowest BCUT2D eigenvalue weighted by atomic mass is 10.0. The van der Waals surface area contributed by atoms with Crippen molar-refractivity contribution in [3.63, 3.8) is 0 Å². The number of piperidine rings is 1. The zero-order valence-electron chi connectivity index (χ0n) is 15.4. The van der Waals surface area contributed by atoms with Crippen LogP contribution < -0.4 is 0 Å². The van der Waals surface area contributed by atoms with Gasteiger partial charge >= 0.3 is 0 Å². The summed E-state index contributed by atoms with van der Waals surface area (Å²) >= 11 is 5.97. The summed E-state index contributed by atoms with van der Waals surface area (Å²) < 4.78 is 1.87. The Morgan fingerprint density at radius 3 is 2.69 bits per heavy atom. The maximum atomic E-state index is 12.4. The Labute approximate surface area is 159 Å². The zero-order valence-corrected chi connectivity index (χ0v) is 16.2. The van der Waals surface area contributed by atoms with Gasteiger partial charge in [0.15, 0.2) is 5.69 Å². The minimum Gasteiger partial charge on any atom is -0.338 e. The molecule has 0 saturated carbocycles. The number of aromatic nitrogens is 3. The van der Waals surface area contributed by atoms with E-state index in [0.717, 1.165) is 37.5 Å². The average Bonchev–Trinajstić information content (AvgIpc) is 3.15. The van der Waals surface area contributed by atoms with Crippen LogP contribution in [0.2, 0.25) is 5.02 Å². The first-order valence-electron chi connectivity index (χ1n) is 9.28. The molecule has 0 spiro atoms. The molecule has 0 aliphatic carbocycles. The Balaban J connectivity index is 1.64. The van der Waals surface area contributed by atoms with Gasteiger partial charge in [-0.1, -0.05) is 28.9 Å². The summed E-state index contributed by atoms with van der Waals surface area (Å²) in [6.45, 7) is 8.18. The van der Waals surface area contributed by atoms with Gasteiger partial charge in [0.05, 0.1) is 12.2 Å². The molecule has 1 aromatic heterocycles. The molecule has 1 atom stereocenters. The maximum Gasteiger partial charge on any atom is 0.276 e. The fourth-order valence-electron chi connectivity index (χ4n) is 3.46. The standard InChI is InChI=1S/C19H26ClN5O/c1-3-24(4-2)19(26)18-14-25(22-21-18)17-6-5-11-23(13-17)12-15-7-9-16(20)10-8-15/h7-10,14,17H,3-6,11-13H2,1-2H3. The van der Waals surface area contributed by atoms with Crippen molar-refractivity contribution in [2.45, 2.75) is 39.3 Å². The Hall–Kier alpha value is -1.92. The molecule has 1 aliphatic heterocycles. The van der Waals surface area contributed by atoms with Crippen LogP contribution in [0, 0.1) is 0 Å². The molecule has 0 N–H and O–H groups in total. The quantitative estimate of drug-likeness (QED) is 0.777. The summed E-state index contributed by atoms with van der Waals surface area (Å²) in [5, 5.41) is 9.12. The molecular formula is C19H26ClN5O. The number of carbonyl (C=O) groups excluding carboxylic acids is 1. The van der Waals surface area contributed by atoms with E-state index in [9.17, 15) is 4.79 Å². The van der Waals surface area contributed by atoms with Gasteiger partial charge in [-0.3, -0.25) is 9.69 Å². The Kier molecular flexibility index (Phi) is 6.27. The average molecular weight is 376 g/mol. The highest BCUT2D eigenvalue weighted by molar-refractivity contribution is 6.30. The summed E-state index contributed by atoms with van der Waals surface area (Å²) in [6, 6.07) is 8.26. The summed E-state index contributed by atoms with van der Waals surface area (Å²) in [6.07, 6.45) is 3.97. The second-order valence-electron chi connectivity index (χ2n) is 6.72. The second-order valence-corrected chi connectivity index (χ2v) is 7.16. The van der Waals surface area contributed by atoms with Crippen molar-refractivity contribution in [1.29, 1.82) is 0 Å². The monoisotopic (exact) mass is 375 g/mol. The number of carbonyl (C=O) groups is 1. The van der Waals surface area contributed by atoms with Gasteiger partial charge < -0.3 is 4.90 Å². The van der Waals surface area contributed by atoms with E-state index >= 15 is 0 Å². The number of hydrogen-bond acceptors (Lipinski definition) is 4. The SMILES string of the molecule is CCN(CC)C(=O)c1cn(C2CCCN(Cc3ccc(Cl)cc3)C2)nn1. The van der Waals surface area contributed by atoms with E-state index < -0.39 is 0 Å². The molecule has 26 heavy (non-hydrogen) atoms. The molecule has 1 fully saturated rings. The minimum atomic E-state index is -0.0462. The third-order valence-corrected chi connectivity index (χ3v) is 5.21. The van der Waals surface area contributed by atoms with Crippen LogP contribution in [0.4, 0.5) is 0 Å². The lowest BCUT2D eigenvalue weighted by Crippen LogP contribution is -2.36. The molecule has 2 heterocycles. The molecule has 1 amide bonds. The van der Waals surface area contributed by atoms with Crippen molar-refractivity contribution < 1.29 is 4.79 Å². The van der Waals surface area contributed by atoms with Crippen LogP contribution in [-0.2, 0) is 6.54 Å². The molecule has 0 bridgehead atoms. The molecule has 1 unspecified atom stereocenters. The summed E-state index contributed by atoms with van der Waals surface area (Å²) in [4.78, 5) is 16.6. The Bertz CT molecular complexity index is 726. The molecular weight excluding hydrogens is 350 g/mol. The van der Waals surface area contributed by atoms with E-state index in [1.165, 1.54) is 5.56 Å². The fraction of sp³-hybridized carbons (Fsp3) is 0.526. The number of benzene rings is 1. The molecule has 1 aromatic carbocycles. The molecule has 3 rings (SSSR count). The molecule has 7 heteroatoms. The minimum absolute atomic E-state index is 0.0462. The fourth-order valence-corrected chi connectivity index (χ4v) is 3.59. The van der Waals surface area contributed by atoms with Crippen molar-refractivity contribution in [2.24, 2.45) is 0 Å². The van der Waals surface area contributed by atoms with Gasteiger partial charge in [0.1, 0.15) is 0 Å². The number of likely N-dealkylation sites (tertiary alicyclic amines) is 1. The first-order chi connectivity index (χ1) is 12.6. The highest BCUT2D eigenvalue weighted by Gasteiger charge is 2.24. The Morgan fingerprint density at radius 2 is 2.00 bits per heavy atom. The largest absolute Gasteiger partial charge is 0.338 e. The van der Waals surface area contributed by atoms with Crippen molar-refractivity contribution in [2.75, 3.05) is 26.2 Å². The Morgan fingerprint density at radius 1 is 1.27 bits per heavy atom. The molecule has 1 saturated heterocycles. The zero-order chi connectivity index (χ0) is 18.5. The lowest BCUT2D eigenvalue weighted by molar-refractivity contribution is 0.0767. The normalized spacial score (nSPS) is 18.0. The van der Waals surface area contributed by atoms with Crippen LogP contribution in [-0.4, -0.2) is 56.9 Å². The van der Waals surface area contributed by atoms with E-state index in [4.69, 9.17) is 11.6 Å². The summed E-state index contributed by atoms with van der Waals surface area (Å²) in [7, 11) is 0. The van der Waals surface area contributed by atoms with Gasteiger partial charge in [-0.15, -0.1) is 5.10 Å². The number of amides is 1. The first-order valence-corrected chi connectivity index (χ1v) is 9.66. The van der Waals surface area contributed by atoms with Gasteiger partial charge in [0.2, 0.25) is 0 Å². The van der Waals surface area contributed by atoms with Crippen molar-refractivity contribution in [3.8, 4) is 0 Å². The van der Waals surface area contributed by atoms with Crippen molar-refractivity contribution >= 4 is 17.5 Å². The van der Waals surface area contributed by atoms with Gasteiger partial charge in [0.25, 0.3) is 5.91 Å². The van der Waals surface area contributed by atoms with Crippen LogP contribution in [0.25, 0.3) is 0 Å². The van der Waals surface area contributed by atoms with Gasteiger partial charge in [-0.2, -0.15) is 0 Å². The predicted molar refractivity (Wildman–Crippen MR) is 102 cm³/mol. The molecule has 1 aliphatic rings. The number of halogens is 1. The third-order valence-electron chi connectivity index (χ3n) is 4.95. The smallest absolute Gasteiger partial charge is 0.276 e. The highest BCUT2D eigenvalue weighted by Crippen LogP contribution is 2.23. The van der Waals surface area contributed by atoms with E-state index in [1.807, 2.05) is 30.7 Å². The second kappa shape index (κ2) is 8.64. The number of rotatable bonds is 6. The lowest BCUT2D eigenvalue weighted by Gasteiger charge is -2.32. The molecule has 2 aromatic rings. The maximum absolute atomic E-state index is 12.4. The number of nitrogens with zero attached hydrogens (tertiary/aromatic N) is 5. The van der Waals surface area contributed by atoms with Crippen molar-refractivity contribution in [3.05, 3.63) is 46.7 Å². The topological polar surface area (TPSA) is 54.3 Å². The highest BCUT2D eigenvalue weighted by atomic mass is 35.5. The van der Waals surface area contributed by atoms with Crippen LogP contribution in [0.5, 0.6) is 0 Å². The third kappa shape index (κ3) is 4.43. The number of hydrogen-bond donors (Lipinski definition) is 0. The van der Waals surface area contributed by atoms with Crippen molar-refractivity contribution in [1.82, 2.24) is 24.8 Å². The van der Waals surface area contributed by atoms with Crippen LogP contribution in [0.3, 0.4) is 0 Å². The summed E-state index contributed by atoms with van der Waals surface area (Å²) in [5.41, 5.74) is 1.69. The van der Waals surface area contributed by atoms with E-state index in [2.05, 4.69) is 27.3 Å². The van der Waals surface area contributed by atoms with E-state index in [0.29, 0.717) is 18.8 Å². The first kappa shape index (κ1) is 18.9. The van der Waals surface area contributed by atoms with Crippen LogP contribution >= 0.6 is 11.6 Å².